The van der Waals surface area contributed by atoms with Gasteiger partial charge in [0.25, 0.3) is 5.91 Å². The van der Waals surface area contributed by atoms with E-state index in [1.54, 1.807) is 36.2 Å². The molecule has 0 bridgehead atoms. The molecular formula is C24H31FIN5O2. The molecule has 1 heterocycles. The predicted octanol–water partition coefficient (Wildman–Crippen LogP) is 2.66. The van der Waals surface area contributed by atoms with Crippen LogP contribution in [0, 0.1) is 5.82 Å². The van der Waals surface area contributed by atoms with Gasteiger partial charge in [-0.05, 0) is 35.4 Å². The first-order valence-corrected chi connectivity index (χ1v) is 10.6. The number of halogens is 2. The van der Waals surface area contributed by atoms with Crippen molar-refractivity contribution in [3.05, 3.63) is 71.0 Å². The first-order valence-electron chi connectivity index (χ1n) is 10.6. The lowest BCUT2D eigenvalue weighted by atomic mass is 9.84. The highest BCUT2D eigenvalue weighted by Crippen LogP contribution is 2.22. The Morgan fingerprint density at radius 3 is 2.55 bits per heavy atom. The lowest BCUT2D eigenvalue weighted by Gasteiger charge is -2.27. The van der Waals surface area contributed by atoms with E-state index in [9.17, 15) is 14.0 Å². The van der Waals surface area contributed by atoms with Crippen LogP contribution in [-0.2, 0) is 16.8 Å². The van der Waals surface area contributed by atoms with Gasteiger partial charge in [-0.1, -0.05) is 38.1 Å². The molecule has 9 heteroatoms. The maximum absolute atomic E-state index is 13.6. The Hall–Kier alpha value is -2.69. The second kappa shape index (κ2) is 12.0. The van der Waals surface area contributed by atoms with Crippen LogP contribution in [0.4, 0.5) is 4.39 Å². The highest BCUT2D eigenvalue weighted by molar-refractivity contribution is 14.0. The minimum atomic E-state index is -0.285. The van der Waals surface area contributed by atoms with Crippen LogP contribution in [0.5, 0.6) is 0 Å². The van der Waals surface area contributed by atoms with Crippen LogP contribution in [-0.4, -0.2) is 55.9 Å². The van der Waals surface area contributed by atoms with Crippen LogP contribution in [0.15, 0.2) is 53.5 Å². The Morgan fingerprint density at radius 1 is 1.18 bits per heavy atom. The number of hydrogen-bond donors (Lipinski definition) is 3. The maximum Gasteiger partial charge on any atom is 0.254 e. The van der Waals surface area contributed by atoms with E-state index in [0.29, 0.717) is 37.7 Å². The number of carbonyl (C=O) groups is 2. The Kier molecular flexibility index (Phi) is 9.63. The van der Waals surface area contributed by atoms with E-state index < -0.39 is 0 Å². The molecule has 3 N–H and O–H groups in total. The van der Waals surface area contributed by atoms with Crippen molar-refractivity contribution < 1.29 is 14.0 Å². The van der Waals surface area contributed by atoms with Crippen molar-refractivity contribution in [1.82, 2.24) is 20.9 Å². The summed E-state index contributed by atoms with van der Waals surface area (Å²) in [7, 11) is 1.70. The quantitative estimate of drug-likeness (QED) is 0.285. The number of piperazine rings is 1. The average molecular weight is 567 g/mol. The third-order valence-electron chi connectivity index (χ3n) is 5.51. The Labute approximate surface area is 211 Å². The smallest absolute Gasteiger partial charge is 0.254 e. The van der Waals surface area contributed by atoms with Gasteiger partial charge in [0.1, 0.15) is 5.82 Å². The van der Waals surface area contributed by atoms with Gasteiger partial charge in [0, 0.05) is 44.2 Å². The third-order valence-corrected chi connectivity index (χ3v) is 5.51. The van der Waals surface area contributed by atoms with Crippen molar-refractivity contribution in [1.29, 1.82) is 0 Å². The Morgan fingerprint density at radius 2 is 1.91 bits per heavy atom. The summed E-state index contributed by atoms with van der Waals surface area (Å²) in [5.74, 6) is 0.110. The topological polar surface area (TPSA) is 85.8 Å². The highest BCUT2D eigenvalue weighted by atomic mass is 127. The molecule has 0 radical (unpaired) electrons. The second-order valence-corrected chi connectivity index (χ2v) is 8.45. The third kappa shape index (κ3) is 7.41. The van der Waals surface area contributed by atoms with Crippen molar-refractivity contribution in [2.45, 2.75) is 25.8 Å². The van der Waals surface area contributed by atoms with Crippen LogP contribution in [0.1, 0.15) is 35.3 Å². The minimum Gasteiger partial charge on any atom is -0.356 e. The summed E-state index contributed by atoms with van der Waals surface area (Å²) in [6.07, 6.45) is 0. The SMILES string of the molecule is CN=C(NCc1ccc(C(=O)N2CCNC(=O)C2)cc1)NCC(C)(C)c1cccc(F)c1.I. The Bertz CT molecular complexity index is 995. The van der Waals surface area contributed by atoms with E-state index in [1.807, 2.05) is 32.0 Å². The average Bonchev–Trinajstić information content (AvgIpc) is 2.79. The summed E-state index contributed by atoms with van der Waals surface area (Å²) in [5, 5.41) is 9.26. The van der Waals surface area contributed by atoms with Gasteiger partial charge in [0.05, 0.1) is 6.54 Å². The van der Waals surface area contributed by atoms with E-state index >= 15 is 0 Å². The van der Waals surface area contributed by atoms with Gasteiger partial charge in [0.15, 0.2) is 5.96 Å². The first kappa shape index (κ1) is 26.6. The molecule has 0 spiro atoms. The molecule has 3 rings (SSSR count). The fourth-order valence-corrected chi connectivity index (χ4v) is 3.48. The van der Waals surface area contributed by atoms with Gasteiger partial charge in [0.2, 0.25) is 5.91 Å². The van der Waals surface area contributed by atoms with Gasteiger partial charge in [-0.25, -0.2) is 4.39 Å². The molecule has 1 fully saturated rings. The molecule has 2 amide bonds. The predicted molar refractivity (Wildman–Crippen MR) is 138 cm³/mol. The van der Waals surface area contributed by atoms with Crippen molar-refractivity contribution in [3.8, 4) is 0 Å². The summed E-state index contributed by atoms with van der Waals surface area (Å²) in [6.45, 7) is 6.29. The van der Waals surface area contributed by atoms with E-state index in [0.717, 1.165) is 11.1 Å². The standard InChI is InChI=1S/C24H30FN5O2.HI/c1-24(2,19-5-4-6-20(25)13-19)16-29-23(26-3)28-14-17-7-9-18(10-8-17)22(32)30-12-11-27-21(31)15-30;/h4-10,13H,11-12,14-16H2,1-3H3,(H,27,31)(H2,26,28,29);1H. The summed E-state index contributed by atoms with van der Waals surface area (Å²) in [5.41, 5.74) is 2.17. The van der Waals surface area contributed by atoms with Crippen LogP contribution in [0.3, 0.4) is 0 Å². The number of aliphatic imine (C=N–C) groups is 1. The fraction of sp³-hybridized carbons (Fsp3) is 0.375. The van der Waals surface area contributed by atoms with Crippen molar-refractivity contribution in [2.75, 3.05) is 33.2 Å². The summed E-state index contributed by atoms with van der Waals surface area (Å²) >= 11 is 0. The highest BCUT2D eigenvalue weighted by Gasteiger charge is 2.23. The number of carbonyl (C=O) groups excluding carboxylic acids is 2. The summed E-state index contributed by atoms with van der Waals surface area (Å²) in [4.78, 5) is 29.9. The van der Waals surface area contributed by atoms with Crippen LogP contribution in [0.2, 0.25) is 0 Å². The zero-order chi connectivity index (χ0) is 23.1. The number of nitrogens with one attached hydrogen (secondary N) is 3. The van der Waals surface area contributed by atoms with E-state index in [-0.39, 0.29) is 53.6 Å². The number of amides is 2. The molecule has 7 nitrogen and oxygen atoms in total. The zero-order valence-corrected chi connectivity index (χ0v) is 21.5. The summed E-state index contributed by atoms with van der Waals surface area (Å²) in [6, 6.07) is 13.9. The van der Waals surface area contributed by atoms with Crippen molar-refractivity contribution in [2.24, 2.45) is 4.99 Å². The number of benzene rings is 2. The van der Waals surface area contributed by atoms with Crippen molar-refractivity contribution in [3.63, 3.8) is 0 Å². The molecule has 33 heavy (non-hydrogen) atoms. The fourth-order valence-electron chi connectivity index (χ4n) is 3.48. The molecule has 0 saturated carbocycles. The lowest BCUT2D eigenvalue weighted by Crippen LogP contribution is -2.49. The van der Waals surface area contributed by atoms with Gasteiger partial charge in [-0.2, -0.15) is 0 Å². The largest absolute Gasteiger partial charge is 0.356 e. The van der Waals surface area contributed by atoms with Crippen LogP contribution < -0.4 is 16.0 Å². The molecular weight excluding hydrogens is 536 g/mol. The molecule has 2 aromatic carbocycles. The molecule has 0 aromatic heterocycles. The number of nitrogens with zero attached hydrogens (tertiary/aromatic N) is 2. The number of hydrogen-bond acceptors (Lipinski definition) is 3. The molecule has 178 valence electrons. The maximum atomic E-state index is 13.6. The van der Waals surface area contributed by atoms with Gasteiger partial charge in [-0.3, -0.25) is 14.6 Å². The van der Waals surface area contributed by atoms with Gasteiger partial charge in [-0.15, -0.1) is 24.0 Å². The second-order valence-electron chi connectivity index (χ2n) is 8.45. The van der Waals surface area contributed by atoms with E-state index in [4.69, 9.17) is 0 Å². The molecule has 1 saturated heterocycles. The van der Waals surface area contributed by atoms with Crippen molar-refractivity contribution >= 4 is 41.8 Å². The molecule has 0 unspecified atom stereocenters. The zero-order valence-electron chi connectivity index (χ0n) is 19.2. The lowest BCUT2D eigenvalue weighted by molar-refractivity contribution is -0.123. The van der Waals surface area contributed by atoms with Gasteiger partial charge >= 0.3 is 0 Å². The Balaban J connectivity index is 0.00000385. The van der Waals surface area contributed by atoms with Crippen LogP contribution in [0.25, 0.3) is 0 Å². The van der Waals surface area contributed by atoms with E-state index in [2.05, 4.69) is 20.9 Å². The first-order chi connectivity index (χ1) is 15.3. The molecule has 0 aliphatic carbocycles. The monoisotopic (exact) mass is 567 g/mol. The van der Waals surface area contributed by atoms with Crippen LogP contribution >= 0.6 is 24.0 Å². The molecule has 1 aliphatic heterocycles. The normalized spacial score (nSPS) is 14.2. The molecule has 1 aliphatic rings. The number of guanidine groups is 1. The number of rotatable bonds is 6. The summed E-state index contributed by atoms with van der Waals surface area (Å²) < 4.78 is 13.6. The minimum absolute atomic E-state index is 0. The molecule has 2 aromatic rings. The van der Waals surface area contributed by atoms with Gasteiger partial charge < -0.3 is 20.9 Å². The molecule has 0 atom stereocenters. The van der Waals surface area contributed by atoms with E-state index in [1.165, 1.54) is 6.07 Å².